The van der Waals surface area contributed by atoms with Gasteiger partial charge in [-0.3, -0.25) is 13.9 Å². The van der Waals surface area contributed by atoms with Crippen LogP contribution < -0.4 is 19.1 Å². The van der Waals surface area contributed by atoms with Crippen molar-refractivity contribution in [2.45, 2.75) is 38.3 Å². The highest BCUT2D eigenvalue weighted by molar-refractivity contribution is 7.92. The van der Waals surface area contributed by atoms with Gasteiger partial charge in [0.1, 0.15) is 12.6 Å². The van der Waals surface area contributed by atoms with Crippen LogP contribution in [-0.2, 0) is 26.2 Å². The van der Waals surface area contributed by atoms with E-state index in [1.54, 1.807) is 43.3 Å². The number of anilines is 1. The predicted octanol–water partition coefficient (Wildman–Crippen LogP) is 4.33. The fourth-order valence-electron chi connectivity index (χ4n) is 4.35. The Bertz CT molecular complexity index is 1470. The number of benzene rings is 3. The molecule has 0 saturated carbocycles. The smallest absolute Gasteiger partial charge is 0.264 e. The number of sulfonamides is 1. The molecular formula is C29H34ClN3O6S. The van der Waals surface area contributed by atoms with E-state index in [-0.39, 0.29) is 17.2 Å². The second-order valence-electron chi connectivity index (χ2n) is 9.32. The highest BCUT2D eigenvalue weighted by atomic mass is 35.5. The van der Waals surface area contributed by atoms with E-state index in [0.717, 1.165) is 15.4 Å². The summed E-state index contributed by atoms with van der Waals surface area (Å²) < 4.78 is 39.8. The molecule has 0 aliphatic rings. The monoisotopic (exact) mass is 587 g/mol. The van der Waals surface area contributed by atoms with Gasteiger partial charge in [-0.25, -0.2) is 8.42 Å². The number of nitrogens with one attached hydrogen (secondary N) is 1. The number of halogens is 1. The molecule has 0 radical (unpaired) electrons. The number of hydrogen-bond donors (Lipinski definition) is 1. The number of hydrogen-bond acceptors (Lipinski definition) is 6. The SMILES string of the molecule is CNC(=O)[C@H](C)N(Cc1cccc(Cl)c1)C(=O)CN(c1cc(C)cc(C)c1)S(=O)(=O)c1ccc(OC)c(OC)c1. The molecule has 0 aliphatic heterocycles. The number of ether oxygens (including phenoxy) is 2. The standard InChI is InChI=1S/C29H34ClN3O6S/c1-19-12-20(2)14-24(13-19)33(40(36,37)25-10-11-26(38-5)27(16-25)39-6)18-28(34)32(21(3)29(35)31-4)17-22-8-7-9-23(30)15-22/h7-16,21H,17-18H2,1-6H3,(H,31,35)/t21-/m0/s1. The van der Waals surface area contributed by atoms with Crippen molar-refractivity contribution in [2.75, 3.05) is 32.1 Å². The summed E-state index contributed by atoms with van der Waals surface area (Å²) in [6.07, 6.45) is 0. The number of carbonyl (C=O) groups is 2. The topological polar surface area (TPSA) is 105 Å². The lowest BCUT2D eigenvalue weighted by Crippen LogP contribution is -2.50. The Balaban J connectivity index is 2.11. The van der Waals surface area contributed by atoms with E-state index in [0.29, 0.717) is 22.0 Å². The summed E-state index contributed by atoms with van der Waals surface area (Å²) in [6, 6.07) is 15.6. The van der Waals surface area contributed by atoms with E-state index in [4.69, 9.17) is 21.1 Å². The van der Waals surface area contributed by atoms with Crippen LogP contribution in [0.4, 0.5) is 5.69 Å². The minimum atomic E-state index is -4.28. The number of aryl methyl sites for hydroxylation is 2. The minimum Gasteiger partial charge on any atom is -0.493 e. The van der Waals surface area contributed by atoms with Crippen LogP contribution >= 0.6 is 11.6 Å². The summed E-state index contributed by atoms with van der Waals surface area (Å²) in [5.41, 5.74) is 2.65. The summed E-state index contributed by atoms with van der Waals surface area (Å²) in [5, 5.41) is 3.04. The molecule has 0 bridgehead atoms. The highest BCUT2D eigenvalue weighted by Crippen LogP contribution is 2.33. The molecule has 40 heavy (non-hydrogen) atoms. The first-order valence-electron chi connectivity index (χ1n) is 12.5. The first-order chi connectivity index (χ1) is 18.9. The van der Waals surface area contributed by atoms with E-state index < -0.39 is 34.4 Å². The fraction of sp³-hybridized carbons (Fsp3) is 0.310. The molecule has 0 fully saturated rings. The Hall–Kier alpha value is -3.76. The van der Waals surface area contributed by atoms with E-state index in [2.05, 4.69) is 5.32 Å². The Morgan fingerprint density at radius 1 is 0.950 bits per heavy atom. The van der Waals surface area contributed by atoms with Crippen LogP contribution in [0.2, 0.25) is 5.02 Å². The lowest BCUT2D eigenvalue weighted by atomic mass is 10.1. The second kappa shape index (κ2) is 13.1. The Kier molecular flexibility index (Phi) is 10.1. The summed E-state index contributed by atoms with van der Waals surface area (Å²) >= 11 is 6.16. The average Bonchev–Trinajstić information content (AvgIpc) is 2.92. The number of nitrogens with zero attached hydrogens (tertiary/aromatic N) is 2. The van der Waals surface area contributed by atoms with Crippen molar-refractivity contribution in [3.63, 3.8) is 0 Å². The van der Waals surface area contributed by atoms with Gasteiger partial charge in [-0.15, -0.1) is 0 Å². The van der Waals surface area contributed by atoms with E-state index in [9.17, 15) is 18.0 Å². The van der Waals surface area contributed by atoms with Gasteiger partial charge in [0, 0.05) is 24.7 Å². The van der Waals surface area contributed by atoms with Crippen molar-refractivity contribution in [1.29, 1.82) is 0 Å². The Morgan fingerprint density at radius 2 is 1.60 bits per heavy atom. The van der Waals surface area contributed by atoms with Crippen LogP contribution in [0.1, 0.15) is 23.6 Å². The molecule has 11 heteroatoms. The first-order valence-corrected chi connectivity index (χ1v) is 14.3. The van der Waals surface area contributed by atoms with Crippen molar-refractivity contribution >= 4 is 39.1 Å². The lowest BCUT2D eigenvalue weighted by Gasteiger charge is -2.32. The molecule has 0 aliphatic carbocycles. The van der Waals surface area contributed by atoms with E-state index >= 15 is 0 Å². The van der Waals surface area contributed by atoms with Crippen molar-refractivity contribution in [3.8, 4) is 11.5 Å². The summed E-state index contributed by atoms with van der Waals surface area (Å²) in [5.74, 6) is -0.371. The van der Waals surface area contributed by atoms with Gasteiger partial charge in [0.05, 0.1) is 24.8 Å². The highest BCUT2D eigenvalue weighted by Gasteiger charge is 2.33. The van der Waals surface area contributed by atoms with Crippen LogP contribution in [0, 0.1) is 13.8 Å². The maximum atomic E-state index is 14.1. The lowest BCUT2D eigenvalue weighted by molar-refractivity contribution is -0.139. The molecule has 3 rings (SSSR count). The molecular weight excluding hydrogens is 554 g/mol. The normalized spacial score (nSPS) is 11.9. The number of methoxy groups -OCH3 is 2. The van der Waals surface area contributed by atoms with Gasteiger partial charge in [0.15, 0.2) is 11.5 Å². The van der Waals surface area contributed by atoms with E-state index in [1.807, 2.05) is 19.9 Å². The van der Waals surface area contributed by atoms with Crippen LogP contribution in [0.3, 0.4) is 0 Å². The van der Waals surface area contributed by atoms with Gasteiger partial charge in [-0.2, -0.15) is 0 Å². The number of carbonyl (C=O) groups excluding carboxylic acids is 2. The fourth-order valence-corrected chi connectivity index (χ4v) is 5.98. The predicted molar refractivity (Wildman–Crippen MR) is 156 cm³/mol. The third-order valence-electron chi connectivity index (χ3n) is 6.37. The zero-order chi connectivity index (χ0) is 29.6. The molecule has 0 spiro atoms. The summed E-state index contributed by atoms with van der Waals surface area (Å²) in [4.78, 5) is 27.8. The zero-order valence-electron chi connectivity index (χ0n) is 23.4. The largest absolute Gasteiger partial charge is 0.493 e. The number of rotatable bonds is 11. The molecule has 214 valence electrons. The van der Waals surface area contributed by atoms with E-state index in [1.165, 1.54) is 44.4 Å². The number of amides is 2. The van der Waals surface area contributed by atoms with Gasteiger partial charge >= 0.3 is 0 Å². The zero-order valence-corrected chi connectivity index (χ0v) is 25.0. The third-order valence-corrected chi connectivity index (χ3v) is 8.38. The van der Waals surface area contributed by atoms with Gasteiger partial charge in [0.25, 0.3) is 10.0 Å². The molecule has 0 heterocycles. The average molecular weight is 588 g/mol. The van der Waals surface area contributed by atoms with Gasteiger partial charge in [-0.1, -0.05) is 29.8 Å². The summed E-state index contributed by atoms with van der Waals surface area (Å²) in [7, 11) is 0.0632. The van der Waals surface area contributed by atoms with Gasteiger partial charge in [0.2, 0.25) is 11.8 Å². The molecule has 2 amide bonds. The van der Waals surface area contributed by atoms with Crippen LogP contribution in [0.25, 0.3) is 0 Å². The second-order valence-corrected chi connectivity index (χ2v) is 11.6. The van der Waals surface area contributed by atoms with Crippen molar-refractivity contribution in [3.05, 3.63) is 82.4 Å². The van der Waals surface area contributed by atoms with Gasteiger partial charge < -0.3 is 19.7 Å². The molecule has 0 saturated heterocycles. The quantitative estimate of drug-likeness (QED) is 0.358. The van der Waals surface area contributed by atoms with Crippen LogP contribution in [0.15, 0.2) is 65.6 Å². The van der Waals surface area contributed by atoms with Crippen LogP contribution in [0.5, 0.6) is 11.5 Å². The molecule has 3 aromatic carbocycles. The maximum absolute atomic E-state index is 14.1. The Labute approximate surface area is 240 Å². The molecule has 1 atom stereocenters. The van der Waals surface area contributed by atoms with Crippen molar-refractivity contribution in [2.24, 2.45) is 0 Å². The third kappa shape index (κ3) is 7.05. The van der Waals surface area contributed by atoms with Gasteiger partial charge in [-0.05, 0) is 73.9 Å². The van der Waals surface area contributed by atoms with Crippen LogP contribution in [-0.4, -0.2) is 59.0 Å². The Morgan fingerprint density at radius 3 is 2.17 bits per heavy atom. The molecule has 0 unspecified atom stereocenters. The minimum absolute atomic E-state index is 0.0467. The molecule has 0 aromatic heterocycles. The number of likely N-dealkylation sites (N-methyl/N-ethyl adjacent to an activating group) is 1. The van der Waals surface area contributed by atoms with Crippen molar-refractivity contribution in [1.82, 2.24) is 10.2 Å². The molecule has 9 nitrogen and oxygen atoms in total. The maximum Gasteiger partial charge on any atom is 0.264 e. The summed E-state index contributed by atoms with van der Waals surface area (Å²) in [6.45, 7) is 4.77. The molecule has 3 aromatic rings. The molecule has 1 N–H and O–H groups in total. The van der Waals surface area contributed by atoms with Crippen molar-refractivity contribution < 1.29 is 27.5 Å². The first kappa shape index (κ1) is 30.8.